The van der Waals surface area contributed by atoms with Crippen molar-refractivity contribution in [3.63, 3.8) is 0 Å². The number of carbonyl (C=O) groups excluding carboxylic acids is 1. The van der Waals surface area contributed by atoms with Crippen LogP contribution in [0.4, 0.5) is 15.0 Å². The minimum Gasteiger partial charge on any atom is -0.486 e. The number of aromatic carboxylic acids is 1. The number of fused-ring (bicyclic) bond motifs is 4. The number of aromatic nitrogens is 5. The largest absolute Gasteiger partial charge is 0.486 e. The number of nitrogens with zero attached hydrogens (tertiary/aromatic N) is 7. The number of ether oxygens (including phenoxy) is 5. The third kappa shape index (κ3) is 7.65. The van der Waals surface area contributed by atoms with E-state index in [1.54, 1.807) is 29.9 Å². The highest BCUT2D eigenvalue weighted by Crippen LogP contribution is 2.54. The number of likely N-dealkylation sites (tertiary alicyclic amines) is 1. The molecular weight excluding hydrogens is 798 g/mol. The molecule has 15 nitrogen and oxygen atoms in total. The summed E-state index contributed by atoms with van der Waals surface area (Å²) in [5.41, 5.74) is 3.91. The summed E-state index contributed by atoms with van der Waals surface area (Å²) in [4.78, 5) is 43.6. The maximum Gasteiger partial charge on any atom is 0.410 e. The molecule has 7 heterocycles. The number of carboxylic acid groups (broad SMARTS) is 1. The first-order chi connectivity index (χ1) is 29.9. The molecular formula is C46H52FN7O8. The molecule has 3 atom stereocenters. The van der Waals surface area contributed by atoms with Gasteiger partial charge in [-0.05, 0) is 95.4 Å². The van der Waals surface area contributed by atoms with Crippen LogP contribution in [-0.4, -0.2) is 104 Å². The van der Waals surface area contributed by atoms with Crippen LogP contribution in [0, 0.1) is 12.7 Å². The zero-order chi connectivity index (χ0) is 42.9. The second kappa shape index (κ2) is 15.9. The van der Waals surface area contributed by atoms with Crippen LogP contribution in [0.25, 0.3) is 32.9 Å². The summed E-state index contributed by atoms with van der Waals surface area (Å²) in [5, 5.41) is 15.9. The standard InChI is InChI=1S/C46H52FN7O8/c1-25-34(47)19-36-33(21-49-54(36)37-7-5-6-14-59-37)38(25)39-31(27-9-10-27)18-32-40(41(39)60-24-26-8-11-35(43(55)56)48-20-26)50-44(61-30-12-15-58-16-13-30)51-42(32)52-22-29-17-28(52)23-53(29)45(57)62-46(2,3)4/h8,11,18-21,27-30,37H,5-7,9-10,12-17,22-24H2,1-4H3,(H,55,56)/t28-,29-,37?/m0/s1. The molecule has 3 aromatic heterocycles. The molecule has 2 aromatic carbocycles. The molecule has 0 radical (unpaired) electrons. The molecule has 1 aliphatic carbocycles. The van der Waals surface area contributed by atoms with E-state index in [0.29, 0.717) is 85.0 Å². The minimum absolute atomic E-state index is 0.0184. The van der Waals surface area contributed by atoms with E-state index in [2.05, 4.69) is 16.0 Å². The quantitative estimate of drug-likeness (QED) is 0.144. The number of anilines is 1. The van der Waals surface area contributed by atoms with Crippen molar-refractivity contribution in [2.75, 3.05) is 37.8 Å². The predicted octanol–water partition coefficient (Wildman–Crippen LogP) is 8.10. The van der Waals surface area contributed by atoms with Crippen LogP contribution in [0.2, 0.25) is 0 Å². The molecule has 5 aliphatic rings. The van der Waals surface area contributed by atoms with Crippen LogP contribution in [-0.2, 0) is 20.8 Å². The van der Waals surface area contributed by atoms with Gasteiger partial charge in [-0.15, -0.1) is 0 Å². The first kappa shape index (κ1) is 40.5. The summed E-state index contributed by atoms with van der Waals surface area (Å²) in [6, 6.07) is 6.92. The zero-order valence-electron chi connectivity index (χ0n) is 35.6. The van der Waals surface area contributed by atoms with Crippen LogP contribution in [0.1, 0.15) is 111 Å². The van der Waals surface area contributed by atoms with E-state index >= 15 is 4.39 Å². The summed E-state index contributed by atoms with van der Waals surface area (Å²) in [6.07, 6.45) is 9.22. The van der Waals surface area contributed by atoms with Gasteiger partial charge in [0.2, 0.25) is 0 Å². The summed E-state index contributed by atoms with van der Waals surface area (Å²) in [5.74, 6) is -0.225. The fraction of sp³-hybridized carbons (Fsp3) is 0.522. The lowest BCUT2D eigenvalue weighted by Crippen LogP contribution is -2.50. The van der Waals surface area contributed by atoms with Crippen molar-refractivity contribution in [1.82, 2.24) is 29.6 Å². The van der Waals surface area contributed by atoms with Crippen molar-refractivity contribution >= 4 is 39.7 Å². The normalized spacial score (nSPS) is 21.9. The Morgan fingerprint density at radius 2 is 1.77 bits per heavy atom. The topological polar surface area (TPSA) is 163 Å². The van der Waals surface area contributed by atoms with E-state index in [1.165, 1.54) is 12.3 Å². The number of carbonyl (C=O) groups is 2. The van der Waals surface area contributed by atoms with Crippen LogP contribution >= 0.6 is 0 Å². The highest BCUT2D eigenvalue weighted by molar-refractivity contribution is 6.06. The van der Waals surface area contributed by atoms with Gasteiger partial charge in [-0.1, -0.05) is 6.07 Å². The molecule has 10 rings (SSSR count). The molecule has 16 heteroatoms. The molecule has 1 N–H and O–H groups in total. The molecule has 4 aliphatic heterocycles. The molecule has 4 saturated heterocycles. The van der Waals surface area contributed by atoms with Gasteiger partial charge >= 0.3 is 18.1 Å². The summed E-state index contributed by atoms with van der Waals surface area (Å²) in [6.45, 7) is 10.2. The molecule has 62 heavy (non-hydrogen) atoms. The summed E-state index contributed by atoms with van der Waals surface area (Å²) < 4.78 is 49.5. The lowest BCUT2D eigenvalue weighted by Gasteiger charge is -2.36. The van der Waals surface area contributed by atoms with Crippen molar-refractivity contribution in [3.8, 4) is 22.9 Å². The zero-order valence-corrected chi connectivity index (χ0v) is 35.6. The van der Waals surface area contributed by atoms with E-state index in [4.69, 9.17) is 38.8 Å². The molecule has 1 saturated carbocycles. The van der Waals surface area contributed by atoms with E-state index in [0.717, 1.165) is 60.4 Å². The van der Waals surface area contributed by atoms with Gasteiger partial charge in [-0.2, -0.15) is 15.1 Å². The van der Waals surface area contributed by atoms with E-state index < -0.39 is 11.6 Å². The third-order valence-electron chi connectivity index (χ3n) is 12.7. The third-order valence-corrected chi connectivity index (χ3v) is 12.7. The second-order valence-corrected chi connectivity index (χ2v) is 18.3. The van der Waals surface area contributed by atoms with Crippen molar-refractivity contribution in [2.45, 2.75) is 122 Å². The number of hydrogen-bond donors (Lipinski definition) is 1. The van der Waals surface area contributed by atoms with Gasteiger partial charge in [0.1, 0.15) is 41.2 Å². The van der Waals surface area contributed by atoms with Gasteiger partial charge in [0.05, 0.1) is 37.0 Å². The summed E-state index contributed by atoms with van der Waals surface area (Å²) >= 11 is 0. The number of benzene rings is 2. The van der Waals surface area contributed by atoms with Crippen molar-refractivity contribution in [1.29, 1.82) is 0 Å². The van der Waals surface area contributed by atoms with Crippen LogP contribution in [0.5, 0.6) is 11.8 Å². The average molecular weight is 850 g/mol. The van der Waals surface area contributed by atoms with Crippen LogP contribution in [0.15, 0.2) is 36.7 Å². The number of halogens is 1. The molecule has 1 unspecified atom stereocenters. The fourth-order valence-corrected chi connectivity index (χ4v) is 9.54. The highest BCUT2D eigenvalue weighted by atomic mass is 19.1. The molecule has 326 valence electrons. The lowest BCUT2D eigenvalue weighted by atomic mass is 9.88. The van der Waals surface area contributed by atoms with Gasteiger partial charge < -0.3 is 38.6 Å². The predicted molar refractivity (Wildman–Crippen MR) is 226 cm³/mol. The van der Waals surface area contributed by atoms with Gasteiger partial charge in [0.15, 0.2) is 12.0 Å². The maximum absolute atomic E-state index is 16.5. The van der Waals surface area contributed by atoms with E-state index in [1.807, 2.05) is 25.7 Å². The Bertz CT molecular complexity index is 2540. The first-order valence-corrected chi connectivity index (χ1v) is 21.9. The van der Waals surface area contributed by atoms with Crippen molar-refractivity contribution in [3.05, 3.63) is 64.9 Å². The molecule has 5 aromatic rings. The van der Waals surface area contributed by atoms with Crippen LogP contribution < -0.4 is 14.4 Å². The van der Waals surface area contributed by atoms with E-state index in [9.17, 15) is 14.7 Å². The Labute approximate surface area is 358 Å². The molecule has 5 fully saturated rings. The molecule has 2 bridgehead atoms. The SMILES string of the molecule is Cc1c(F)cc2c(cnn2C2CCCCO2)c1-c1c(C2CC2)cc2c(N3C[C@@H]4C[C@H]3CN4C(=O)OC(C)(C)C)nc(OC3CCOCC3)nc2c1OCc1ccc(C(=O)O)nc1. The average Bonchev–Trinajstić information content (AvgIpc) is 3.69. The highest BCUT2D eigenvalue weighted by Gasteiger charge is 2.48. The van der Waals surface area contributed by atoms with E-state index in [-0.39, 0.29) is 60.6 Å². The van der Waals surface area contributed by atoms with Gasteiger partial charge in [-0.3, -0.25) is 0 Å². The van der Waals surface area contributed by atoms with Crippen molar-refractivity contribution in [2.24, 2.45) is 0 Å². The minimum atomic E-state index is -1.13. The van der Waals surface area contributed by atoms with Crippen molar-refractivity contribution < 1.29 is 42.8 Å². The number of carboxylic acids is 1. The Balaban J connectivity index is 1.17. The monoisotopic (exact) mass is 849 g/mol. The summed E-state index contributed by atoms with van der Waals surface area (Å²) in [7, 11) is 0. The van der Waals surface area contributed by atoms with Gasteiger partial charge in [-0.25, -0.2) is 23.6 Å². The lowest BCUT2D eigenvalue weighted by molar-refractivity contribution is -0.0367. The second-order valence-electron chi connectivity index (χ2n) is 18.3. The Hall–Kier alpha value is -5.61. The Kier molecular flexibility index (Phi) is 10.4. The smallest absolute Gasteiger partial charge is 0.410 e. The number of pyridine rings is 1. The Morgan fingerprint density at radius 3 is 2.45 bits per heavy atom. The van der Waals surface area contributed by atoms with Gasteiger partial charge in [0, 0.05) is 72.3 Å². The van der Waals surface area contributed by atoms with Gasteiger partial charge in [0.25, 0.3) is 0 Å². The Morgan fingerprint density at radius 1 is 0.952 bits per heavy atom. The number of piperazine rings is 1. The molecule has 0 spiro atoms. The number of hydrogen-bond acceptors (Lipinski definition) is 12. The number of rotatable bonds is 10. The maximum atomic E-state index is 16.5. The molecule has 1 amide bonds. The fourth-order valence-electron chi connectivity index (χ4n) is 9.54. The first-order valence-electron chi connectivity index (χ1n) is 21.9. The number of amides is 1. The van der Waals surface area contributed by atoms with Crippen LogP contribution in [0.3, 0.4) is 0 Å².